The maximum absolute atomic E-state index is 12.5. The van der Waals surface area contributed by atoms with E-state index in [4.69, 9.17) is 9.47 Å². The van der Waals surface area contributed by atoms with Crippen molar-refractivity contribution in [3.63, 3.8) is 0 Å². The van der Waals surface area contributed by atoms with Gasteiger partial charge in [-0.15, -0.1) is 0 Å². The Labute approximate surface area is 172 Å². The molecule has 0 aliphatic carbocycles. The van der Waals surface area contributed by atoms with Gasteiger partial charge in [-0.2, -0.15) is 4.72 Å². The molecule has 9 heteroatoms. The summed E-state index contributed by atoms with van der Waals surface area (Å²) in [5.41, 5.74) is 0.989. The van der Waals surface area contributed by atoms with Crippen LogP contribution in [0, 0.1) is 0 Å². The van der Waals surface area contributed by atoms with E-state index in [-0.39, 0.29) is 11.5 Å². The molecule has 0 heterocycles. The smallest absolute Gasteiger partial charge is 0.324 e. The van der Waals surface area contributed by atoms with Crippen molar-refractivity contribution in [2.45, 2.75) is 30.6 Å². The van der Waals surface area contributed by atoms with Crippen LogP contribution < -0.4 is 9.46 Å². The molecule has 2 rings (SSSR count). The highest BCUT2D eigenvalue weighted by atomic mass is 79.9. The molecule has 0 aliphatic rings. The Balaban J connectivity index is 2.04. The SMILES string of the molecule is CC(OCCBr)C(NS(=O)(=O)c1ccc(OCc2ccccc2)cc1)C(=O)O. The number of alkyl halides is 1. The molecule has 7 nitrogen and oxygen atoms in total. The van der Waals surface area contributed by atoms with Gasteiger partial charge < -0.3 is 14.6 Å². The molecule has 0 aliphatic heterocycles. The molecule has 28 heavy (non-hydrogen) atoms. The van der Waals surface area contributed by atoms with Gasteiger partial charge >= 0.3 is 5.97 Å². The van der Waals surface area contributed by atoms with Gasteiger partial charge in [0.15, 0.2) is 0 Å². The Morgan fingerprint density at radius 2 is 1.79 bits per heavy atom. The quantitative estimate of drug-likeness (QED) is 0.488. The Kier molecular flexibility index (Phi) is 8.43. The van der Waals surface area contributed by atoms with Crippen LogP contribution in [0.4, 0.5) is 0 Å². The second-order valence-electron chi connectivity index (χ2n) is 5.95. The fourth-order valence-corrected chi connectivity index (χ4v) is 3.81. The van der Waals surface area contributed by atoms with E-state index in [1.54, 1.807) is 0 Å². The van der Waals surface area contributed by atoms with Crippen molar-refractivity contribution in [1.29, 1.82) is 0 Å². The van der Waals surface area contributed by atoms with E-state index in [1.807, 2.05) is 30.3 Å². The van der Waals surface area contributed by atoms with Gasteiger partial charge in [-0.1, -0.05) is 46.3 Å². The number of benzene rings is 2. The van der Waals surface area contributed by atoms with Crippen molar-refractivity contribution >= 4 is 31.9 Å². The van der Waals surface area contributed by atoms with Gasteiger partial charge in [0, 0.05) is 5.33 Å². The normalized spacial score (nSPS) is 13.6. The predicted molar refractivity (Wildman–Crippen MR) is 108 cm³/mol. The minimum atomic E-state index is -4.04. The van der Waals surface area contributed by atoms with Gasteiger partial charge in [-0.3, -0.25) is 4.79 Å². The summed E-state index contributed by atoms with van der Waals surface area (Å²) >= 11 is 3.17. The van der Waals surface area contributed by atoms with Crippen LogP contribution in [-0.2, 0) is 26.2 Å². The number of nitrogens with one attached hydrogen (secondary N) is 1. The van der Waals surface area contributed by atoms with Crippen molar-refractivity contribution in [2.24, 2.45) is 0 Å². The van der Waals surface area contributed by atoms with Gasteiger partial charge in [0.2, 0.25) is 10.0 Å². The summed E-state index contributed by atoms with van der Waals surface area (Å²) in [5.74, 6) is -0.805. The molecule has 2 aromatic carbocycles. The second kappa shape index (κ2) is 10.6. The average molecular weight is 472 g/mol. The van der Waals surface area contributed by atoms with Crippen molar-refractivity contribution in [2.75, 3.05) is 11.9 Å². The summed E-state index contributed by atoms with van der Waals surface area (Å²) in [4.78, 5) is 11.4. The van der Waals surface area contributed by atoms with Crippen LogP contribution in [0.1, 0.15) is 12.5 Å². The lowest BCUT2D eigenvalue weighted by Crippen LogP contribution is -2.48. The lowest BCUT2D eigenvalue weighted by molar-refractivity contribution is -0.142. The summed E-state index contributed by atoms with van der Waals surface area (Å²) in [6.45, 7) is 2.12. The second-order valence-corrected chi connectivity index (χ2v) is 8.45. The number of aliphatic carboxylic acids is 1. The van der Waals surface area contributed by atoms with E-state index < -0.39 is 28.1 Å². The lowest BCUT2D eigenvalue weighted by Gasteiger charge is -2.21. The molecule has 0 amide bonds. The monoisotopic (exact) mass is 471 g/mol. The molecular formula is C19H22BrNO6S. The molecule has 2 unspecified atom stereocenters. The first kappa shape index (κ1) is 22.4. The Bertz CT molecular complexity index is 858. The predicted octanol–water partition coefficient (Wildman–Crippen LogP) is 2.80. The Hall–Kier alpha value is -1.94. The van der Waals surface area contributed by atoms with E-state index in [0.717, 1.165) is 5.56 Å². The van der Waals surface area contributed by atoms with Crippen LogP contribution >= 0.6 is 15.9 Å². The molecular weight excluding hydrogens is 450 g/mol. The van der Waals surface area contributed by atoms with E-state index >= 15 is 0 Å². The van der Waals surface area contributed by atoms with Crippen molar-refractivity contribution in [3.05, 3.63) is 60.2 Å². The first-order valence-electron chi connectivity index (χ1n) is 8.53. The standard InChI is InChI=1S/C19H22BrNO6S/c1-14(26-12-11-20)18(19(22)23)21-28(24,25)17-9-7-16(8-10-17)27-13-15-5-3-2-4-6-15/h2-10,14,18,21H,11-13H2,1H3,(H,22,23). The van der Waals surface area contributed by atoms with Crippen LogP contribution in [0.5, 0.6) is 5.75 Å². The zero-order valence-corrected chi connectivity index (χ0v) is 17.6. The summed E-state index contributed by atoms with van der Waals surface area (Å²) in [5, 5.41) is 9.85. The van der Waals surface area contributed by atoms with Gasteiger partial charge in [0.25, 0.3) is 0 Å². The summed E-state index contributed by atoms with van der Waals surface area (Å²) in [6, 6.07) is 13.9. The van der Waals surface area contributed by atoms with Crippen LogP contribution in [0.25, 0.3) is 0 Å². The third kappa shape index (κ3) is 6.59. The summed E-state index contributed by atoms with van der Waals surface area (Å²) < 4.78 is 38.2. The Morgan fingerprint density at radius 1 is 1.14 bits per heavy atom. The zero-order valence-electron chi connectivity index (χ0n) is 15.2. The van der Waals surface area contributed by atoms with Crippen molar-refractivity contribution in [3.8, 4) is 5.75 Å². The minimum Gasteiger partial charge on any atom is -0.489 e. The van der Waals surface area contributed by atoms with E-state index in [1.165, 1.54) is 31.2 Å². The number of halogens is 1. The number of carboxylic acid groups (broad SMARTS) is 1. The largest absolute Gasteiger partial charge is 0.489 e. The third-order valence-corrected chi connectivity index (χ3v) is 5.64. The molecule has 0 fully saturated rings. The van der Waals surface area contributed by atoms with E-state index in [0.29, 0.717) is 17.7 Å². The fraction of sp³-hybridized carbons (Fsp3) is 0.316. The molecule has 0 aromatic heterocycles. The number of ether oxygens (including phenoxy) is 2. The fourth-order valence-electron chi connectivity index (χ4n) is 2.36. The van der Waals surface area contributed by atoms with E-state index in [9.17, 15) is 18.3 Å². The number of carbonyl (C=O) groups is 1. The molecule has 0 radical (unpaired) electrons. The highest BCUT2D eigenvalue weighted by Gasteiger charge is 2.30. The van der Waals surface area contributed by atoms with Crippen LogP contribution in [0.2, 0.25) is 0 Å². The molecule has 2 aromatic rings. The first-order chi connectivity index (χ1) is 13.3. The molecule has 0 saturated carbocycles. The number of carboxylic acids is 1. The maximum atomic E-state index is 12.5. The van der Waals surface area contributed by atoms with Gasteiger partial charge in [-0.05, 0) is 36.8 Å². The molecule has 0 saturated heterocycles. The molecule has 0 spiro atoms. The number of hydrogen-bond acceptors (Lipinski definition) is 5. The van der Waals surface area contributed by atoms with Gasteiger partial charge in [0.05, 0.1) is 17.6 Å². The highest BCUT2D eigenvalue weighted by molar-refractivity contribution is 9.09. The minimum absolute atomic E-state index is 0.0569. The van der Waals surface area contributed by atoms with Crippen LogP contribution in [0.15, 0.2) is 59.5 Å². The first-order valence-corrected chi connectivity index (χ1v) is 11.1. The average Bonchev–Trinajstić information content (AvgIpc) is 2.69. The Morgan fingerprint density at radius 3 is 2.36 bits per heavy atom. The third-order valence-electron chi connectivity index (χ3n) is 3.86. The van der Waals surface area contributed by atoms with Crippen LogP contribution in [0.3, 0.4) is 0 Å². The number of sulfonamides is 1. The zero-order chi connectivity index (χ0) is 20.6. The van der Waals surface area contributed by atoms with Crippen molar-refractivity contribution < 1.29 is 27.8 Å². The van der Waals surface area contributed by atoms with Crippen molar-refractivity contribution in [1.82, 2.24) is 4.72 Å². The molecule has 0 bridgehead atoms. The highest BCUT2D eigenvalue weighted by Crippen LogP contribution is 2.18. The maximum Gasteiger partial charge on any atom is 0.324 e. The molecule has 152 valence electrons. The van der Waals surface area contributed by atoms with E-state index in [2.05, 4.69) is 20.7 Å². The van der Waals surface area contributed by atoms with Gasteiger partial charge in [-0.25, -0.2) is 8.42 Å². The lowest BCUT2D eigenvalue weighted by atomic mass is 10.2. The van der Waals surface area contributed by atoms with Gasteiger partial charge in [0.1, 0.15) is 18.4 Å². The number of hydrogen-bond donors (Lipinski definition) is 2. The summed E-state index contributed by atoms with van der Waals surface area (Å²) in [7, 11) is -4.04. The topological polar surface area (TPSA) is 102 Å². The molecule has 2 N–H and O–H groups in total. The van der Waals surface area contributed by atoms with Crippen LogP contribution in [-0.4, -0.2) is 43.6 Å². The molecule has 2 atom stereocenters. The summed E-state index contributed by atoms with van der Waals surface area (Å²) in [6.07, 6.45) is -0.835. The number of rotatable bonds is 11.